The van der Waals surface area contributed by atoms with Crippen LogP contribution < -0.4 is 15.8 Å². The Bertz CT molecular complexity index is 311. The van der Waals surface area contributed by atoms with Gasteiger partial charge >= 0.3 is 0 Å². The molecule has 0 aromatic carbocycles. The Morgan fingerprint density at radius 3 is 2.92 bits per heavy atom. The molecule has 13 heavy (non-hydrogen) atoms. The number of nitrogen functional groups attached to an aromatic ring is 1. The van der Waals surface area contributed by atoms with Gasteiger partial charge in [-0.3, -0.25) is 0 Å². The maximum atomic E-state index is 5.76. The molecule has 1 aliphatic carbocycles. The summed E-state index contributed by atoms with van der Waals surface area (Å²) in [5, 5.41) is 3.20. The van der Waals surface area contributed by atoms with E-state index in [1.165, 1.54) is 19.2 Å². The molecule has 0 radical (unpaired) electrons. The van der Waals surface area contributed by atoms with Crippen molar-refractivity contribution in [2.45, 2.75) is 18.9 Å². The van der Waals surface area contributed by atoms with Gasteiger partial charge in [0.25, 0.3) is 0 Å². The average Bonchev–Trinajstić information content (AvgIpc) is 2.92. The number of nitrogens with two attached hydrogens (primary N) is 1. The summed E-state index contributed by atoms with van der Waals surface area (Å²) in [5.41, 5.74) is 6.24. The Balaban J connectivity index is 2.22. The SMILES string of the molecule is COc1ncnc(NC2CC2)c1N. The van der Waals surface area contributed by atoms with Crippen LogP contribution in [0.15, 0.2) is 6.33 Å². The second kappa shape index (κ2) is 3.08. The van der Waals surface area contributed by atoms with Crippen LogP contribution in [0.5, 0.6) is 5.88 Å². The zero-order chi connectivity index (χ0) is 9.26. The van der Waals surface area contributed by atoms with E-state index in [2.05, 4.69) is 15.3 Å². The molecular formula is C8H12N4O. The summed E-state index contributed by atoms with van der Waals surface area (Å²) >= 11 is 0. The lowest BCUT2D eigenvalue weighted by Crippen LogP contribution is -2.08. The summed E-state index contributed by atoms with van der Waals surface area (Å²) in [5.74, 6) is 1.10. The molecule has 1 aromatic heterocycles. The molecule has 1 fully saturated rings. The van der Waals surface area contributed by atoms with Crippen molar-refractivity contribution in [1.29, 1.82) is 0 Å². The van der Waals surface area contributed by atoms with E-state index in [0.717, 1.165) is 0 Å². The first-order valence-corrected chi connectivity index (χ1v) is 4.22. The van der Waals surface area contributed by atoms with Crippen LogP contribution >= 0.6 is 0 Å². The molecule has 0 saturated heterocycles. The van der Waals surface area contributed by atoms with Crippen molar-refractivity contribution >= 4 is 11.5 Å². The molecular weight excluding hydrogens is 168 g/mol. The van der Waals surface area contributed by atoms with E-state index in [0.29, 0.717) is 23.4 Å². The van der Waals surface area contributed by atoms with Crippen LogP contribution in [0.4, 0.5) is 11.5 Å². The maximum absolute atomic E-state index is 5.76. The number of nitrogens with one attached hydrogen (secondary N) is 1. The topological polar surface area (TPSA) is 73.1 Å². The minimum absolute atomic E-state index is 0.429. The largest absolute Gasteiger partial charge is 0.479 e. The smallest absolute Gasteiger partial charge is 0.242 e. The minimum atomic E-state index is 0.429. The van der Waals surface area contributed by atoms with Gasteiger partial charge in [0.05, 0.1) is 7.11 Å². The Kier molecular flexibility index (Phi) is 1.92. The summed E-state index contributed by atoms with van der Waals surface area (Å²) in [7, 11) is 1.54. The number of hydrogen-bond acceptors (Lipinski definition) is 5. The number of ether oxygens (including phenoxy) is 1. The number of nitrogens with zero attached hydrogens (tertiary/aromatic N) is 2. The summed E-state index contributed by atoms with van der Waals surface area (Å²) in [4.78, 5) is 7.93. The lowest BCUT2D eigenvalue weighted by atomic mass is 10.4. The second-order valence-corrected chi connectivity index (χ2v) is 3.06. The fraction of sp³-hybridized carbons (Fsp3) is 0.500. The first kappa shape index (κ1) is 8.10. The van der Waals surface area contributed by atoms with Crippen LogP contribution in [0, 0.1) is 0 Å². The van der Waals surface area contributed by atoms with Crippen molar-refractivity contribution in [3.05, 3.63) is 6.33 Å². The predicted molar refractivity (Wildman–Crippen MR) is 49.6 cm³/mol. The van der Waals surface area contributed by atoms with Crippen molar-refractivity contribution < 1.29 is 4.74 Å². The van der Waals surface area contributed by atoms with Crippen LogP contribution in [-0.2, 0) is 0 Å². The Morgan fingerprint density at radius 2 is 2.31 bits per heavy atom. The van der Waals surface area contributed by atoms with E-state index in [4.69, 9.17) is 10.5 Å². The first-order valence-electron chi connectivity index (χ1n) is 4.22. The minimum Gasteiger partial charge on any atom is -0.479 e. The normalized spacial score (nSPS) is 15.5. The molecule has 0 spiro atoms. The fourth-order valence-electron chi connectivity index (χ4n) is 1.08. The van der Waals surface area contributed by atoms with Crippen molar-refractivity contribution in [3.63, 3.8) is 0 Å². The van der Waals surface area contributed by atoms with E-state index in [1.54, 1.807) is 7.11 Å². The maximum Gasteiger partial charge on any atom is 0.242 e. The molecule has 2 rings (SSSR count). The molecule has 0 unspecified atom stereocenters. The van der Waals surface area contributed by atoms with E-state index < -0.39 is 0 Å². The summed E-state index contributed by atoms with van der Waals surface area (Å²) in [6.07, 6.45) is 3.82. The standard InChI is InChI=1S/C8H12N4O/c1-13-8-6(9)7(10-4-11-8)12-5-2-3-5/h4-5H,2-3,9H2,1H3,(H,10,11,12). The van der Waals surface area contributed by atoms with Crippen molar-refractivity contribution in [3.8, 4) is 5.88 Å². The first-order chi connectivity index (χ1) is 6.31. The number of aromatic nitrogens is 2. The van der Waals surface area contributed by atoms with Gasteiger partial charge in [0.1, 0.15) is 12.0 Å². The third-order valence-electron chi connectivity index (χ3n) is 1.96. The Morgan fingerprint density at radius 1 is 1.54 bits per heavy atom. The zero-order valence-electron chi connectivity index (χ0n) is 7.45. The molecule has 3 N–H and O–H groups in total. The van der Waals surface area contributed by atoms with Gasteiger partial charge in [-0.2, -0.15) is 4.98 Å². The van der Waals surface area contributed by atoms with Crippen LogP contribution in [0.25, 0.3) is 0 Å². The molecule has 1 aromatic rings. The number of methoxy groups -OCH3 is 1. The van der Waals surface area contributed by atoms with E-state index >= 15 is 0 Å². The molecule has 0 amide bonds. The van der Waals surface area contributed by atoms with Crippen molar-refractivity contribution in [2.75, 3.05) is 18.2 Å². The Labute approximate surface area is 76.3 Å². The molecule has 0 atom stereocenters. The molecule has 5 nitrogen and oxygen atoms in total. The molecule has 1 aliphatic rings. The highest BCUT2D eigenvalue weighted by Crippen LogP contribution is 2.29. The van der Waals surface area contributed by atoms with Gasteiger partial charge in [0, 0.05) is 6.04 Å². The molecule has 5 heteroatoms. The van der Waals surface area contributed by atoms with E-state index in [-0.39, 0.29) is 0 Å². The van der Waals surface area contributed by atoms with Gasteiger partial charge in [-0.05, 0) is 12.8 Å². The summed E-state index contributed by atoms with van der Waals surface area (Å²) in [6, 6.07) is 0.530. The predicted octanol–water partition coefficient (Wildman–Crippen LogP) is 0.642. The van der Waals surface area contributed by atoms with Gasteiger partial charge in [-0.1, -0.05) is 0 Å². The van der Waals surface area contributed by atoms with Gasteiger partial charge in [-0.15, -0.1) is 0 Å². The molecule has 1 heterocycles. The lowest BCUT2D eigenvalue weighted by Gasteiger charge is -2.08. The summed E-state index contributed by atoms with van der Waals surface area (Å²) < 4.78 is 4.97. The van der Waals surface area contributed by atoms with Crippen molar-refractivity contribution in [1.82, 2.24) is 9.97 Å². The highest BCUT2D eigenvalue weighted by atomic mass is 16.5. The van der Waals surface area contributed by atoms with Crippen LogP contribution in [0.3, 0.4) is 0 Å². The Hall–Kier alpha value is -1.52. The quantitative estimate of drug-likeness (QED) is 0.714. The van der Waals surface area contributed by atoms with E-state index in [9.17, 15) is 0 Å². The van der Waals surface area contributed by atoms with Gasteiger partial charge in [-0.25, -0.2) is 4.98 Å². The highest BCUT2D eigenvalue weighted by molar-refractivity contribution is 5.66. The van der Waals surface area contributed by atoms with Gasteiger partial charge < -0.3 is 15.8 Å². The van der Waals surface area contributed by atoms with Crippen LogP contribution in [0.2, 0.25) is 0 Å². The molecule has 0 aliphatic heterocycles. The number of anilines is 2. The molecule has 1 saturated carbocycles. The van der Waals surface area contributed by atoms with Crippen LogP contribution in [0.1, 0.15) is 12.8 Å². The van der Waals surface area contributed by atoms with Crippen molar-refractivity contribution in [2.24, 2.45) is 0 Å². The third-order valence-corrected chi connectivity index (χ3v) is 1.96. The number of rotatable bonds is 3. The zero-order valence-corrected chi connectivity index (χ0v) is 7.45. The second-order valence-electron chi connectivity index (χ2n) is 3.06. The molecule has 70 valence electrons. The van der Waals surface area contributed by atoms with E-state index in [1.807, 2.05) is 0 Å². The monoisotopic (exact) mass is 180 g/mol. The summed E-state index contributed by atoms with van der Waals surface area (Å²) in [6.45, 7) is 0. The lowest BCUT2D eigenvalue weighted by molar-refractivity contribution is 0.399. The highest BCUT2D eigenvalue weighted by Gasteiger charge is 2.23. The number of hydrogen-bond donors (Lipinski definition) is 2. The van der Waals surface area contributed by atoms with Crippen LogP contribution in [-0.4, -0.2) is 23.1 Å². The third kappa shape index (κ3) is 1.63. The van der Waals surface area contributed by atoms with Gasteiger partial charge in [0.2, 0.25) is 5.88 Å². The molecule has 0 bridgehead atoms. The fourth-order valence-corrected chi connectivity index (χ4v) is 1.08. The average molecular weight is 180 g/mol. The van der Waals surface area contributed by atoms with Gasteiger partial charge in [0.15, 0.2) is 5.82 Å².